The third-order valence-electron chi connectivity index (χ3n) is 0.362. The Balaban J connectivity index is -0.000000500. The first-order valence-corrected chi connectivity index (χ1v) is 4.83. The molecule has 0 amide bonds. The number of hydrogen-bond donors (Lipinski definition) is 0. The van der Waals surface area contributed by atoms with Crippen molar-refractivity contribution in [3.05, 3.63) is 0 Å². The molecule has 0 aromatic heterocycles. The third-order valence-corrected chi connectivity index (χ3v) is 1.91. The van der Waals surface area contributed by atoms with E-state index in [0.717, 1.165) is 0 Å². The smallest absolute Gasteiger partial charge is 0.566 e. The summed E-state index contributed by atoms with van der Waals surface area (Å²) in [4.78, 5) is 19.5. The standard InChI is InChI=1S/CCl2O6P2.2Na/c2-1(3,8-10(4)5)9-11(6)7;;/q;2*+1. The minimum absolute atomic E-state index is 0. The summed E-state index contributed by atoms with van der Waals surface area (Å²) < 4.78 is 24.1. The van der Waals surface area contributed by atoms with E-state index in [4.69, 9.17) is 23.2 Å². The number of alkyl halides is 2. The normalized spacial score (nSPS) is 12.3. The molecular weight excluding hydrogens is 287 g/mol. The molecule has 0 heterocycles. The van der Waals surface area contributed by atoms with Gasteiger partial charge in [0.1, 0.15) is 0 Å². The third kappa shape index (κ3) is 14.6. The van der Waals surface area contributed by atoms with E-state index in [-0.39, 0.29) is 59.1 Å². The topological polar surface area (TPSA) is 98.7 Å². The van der Waals surface area contributed by atoms with Gasteiger partial charge in [-0.15, -0.1) is 0 Å². The van der Waals surface area contributed by atoms with Gasteiger partial charge in [-0.05, 0) is 32.3 Å². The molecule has 0 fully saturated rings. The van der Waals surface area contributed by atoms with Crippen LogP contribution in [0.5, 0.6) is 0 Å². The molecule has 0 N–H and O–H groups in total. The van der Waals surface area contributed by atoms with Crippen molar-refractivity contribution in [3.8, 4) is 0 Å². The van der Waals surface area contributed by atoms with Gasteiger partial charge in [-0.25, -0.2) is 0 Å². The molecule has 0 aliphatic carbocycles. The van der Waals surface area contributed by atoms with E-state index < -0.39 is 21.2 Å². The number of rotatable bonds is 4. The molecule has 2 unspecified atom stereocenters. The second kappa shape index (κ2) is 9.82. The molecule has 0 radical (unpaired) electrons. The first-order valence-electron chi connectivity index (χ1n) is 1.88. The van der Waals surface area contributed by atoms with Crippen LogP contribution in [-0.2, 0) is 18.2 Å². The average Bonchev–Trinajstić information content (AvgIpc) is 1.53. The summed E-state index contributed by atoms with van der Waals surface area (Å²) in [6.07, 6.45) is 0. The Labute approximate surface area is 130 Å². The minimum atomic E-state index is -3.38. The van der Waals surface area contributed by atoms with Crippen molar-refractivity contribution >= 4 is 39.7 Å². The molecule has 0 spiro atoms. The molecule has 0 bridgehead atoms. The molecule has 64 valence electrons. The fourth-order valence-corrected chi connectivity index (χ4v) is 1.35. The average molecular weight is 287 g/mol. The summed E-state index contributed by atoms with van der Waals surface area (Å²) in [5.74, 6) is 0. The predicted molar refractivity (Wildman–Crippen MR) is 31.8 cm³/mol. The van der Waals surface area contributed by atoms with Crippen molar-refractivity contribution in [3.63, 3.8) is 0 Å². The largest absolute Gasteiger partial charge is 1.00 e. The van der Waals surface area contributed by atoms with Gasteiger partial charge in [0, 0.05) is 0 Å². The van der Waals surface area contributed by atoms with Crippen LogP contribution in [0.1, 0.15) is 0 Å². The Morgan fingerprint density at radius 2 is 1.23 bits per heavy atom. The monoisotopic (exact) mass is 286 g/mol. The fraction of sp³-hybridized carbons (Fsp3) is 1.00. The van der Waals surface area contributed by atoms with Crippen molar-refractivity contribution in [1.29, 1.82) is 0 Å². The van der Waals surface area contributed by atoms with Crippen LogP contribution in [0.25, 0.3) is 0 Å². The van der Waals surface area contributed by atoms with E-state index in [2.05, 4.69) is 9.05 Å². The van der Waals surface area contributed by atoms with Crippen molar-refractivity contribution in [2.75, 3.05) is 0 Å². The Kier molecular flexibility index (Phi) is 15.8. The molecule has 0 aromatic rings. The maximum atomic E-state index is 9.77. The van der Waals surface area contributed by atoms with Crippen molar-refractivity contribution < 1.29 is 87.1 Å². The first kappa shape index (κ1) is 21.0. The minimum Gasteiger partial charge on any atom is -0.566 e. The summed E-state index contributed by atoms with van der Waals surface area (Å²) in [6, 6.07) is 0. The zero-order chi connectivity index (χ0) is 9.07. The SMILES string of the molecule is O=[P+]([O-])OC(Cl)(Cl)O[P+](=O)[O-].[Na+].[Na+]. The maximum Gasteiger partial charge on any atom is 1.00 e. The Hall–Kier alpha value is 2.62. The number of hydrogen-bond acceptors (Lipinski definition) is 6. The fourth-order valence-electron chi connectivity index (χ4n) is 0.190. The summed E-state index contributed by atoms with van der Waals surface area (Å²) in [5.41, 5.74) is 0. The zero-order valence-electron chi connectivity index (χ0n) is 6.60. The van der Waals surface area contributed by atoms with Crippen LogP contribution in [0.15, 0.2) is 0 Å². The van der Waals surface area contributed by atoms with Gasteiger partial charge in [0.2, 0.25) is 0 Å². The van der Waals surface area contributed by atoms with Crippen LogP contribution in [0.4, 0.5) is 0 Å². The van der Waals surface area contributed by atoms with Crippen LogP contribution in [-0.4, -0.2) is 4.71 Å². The summed E-state index contributed by atoms with van der Waals surface area (Å²) >= 11 is 9.76. The van der Waals surface area contributed by atoms with Gasteiger partial charge in [-0.2, -0.15) is 0 Å². The summed E-state index contributed by atoms with van der Waals surface area (Å²) in [5, 5.41) is 0. The van der Waals surface area contributed by atoms with E-state index in [0.29, 0.717) is 0 Å². The van der Waals surface area contributed by atoms with Gasteiger partial charge in [-0.1, -0.05) is 9.05 Å². The molecule has 0 aliphatic rings. The van der Waals surface area contributed by atoms with E-state index in [9.17, 15) is 18.9 Å². The van der Waals surface area contributed by atoms with Gasteiger partial charge in [0.15, 0.2) is 0 Å². The van der Waals surface area contributed by atoms with E-state index in [1.807, 2.05) is 0 Å². The van der Waals surface area contributed by atoms with Gasteiger partial charge < -0.3 is 9.79 Å². The van der Waals surface area contributed by atoms with Gasteiger partial charge >= 0.3 is 80.3 Å². The summed E-state index contributed by atoms with van der Waals surface area (Å²) in [6.45, 7) is 0. The molecule has 6 nitrogen and oxygen atoms in total. The second-order valence-electron chi connectivity index (χ2n) is 1.09. The Morgan fingerprint density at radius 3 is 1.38 bits per heavy atom. The molecule has 2 atom stereocenters. The molecular formula is CCl2Na2O6P2+2. The maximum absolute atomic E-state index is 9.77. The van der Waals surface area contributed by atoms with Crippen molar-refractivity contribution in [1.82, 2.24) is 0 Å². The van der Waals surface area contributed by atoms with Gasteiger partial charge in [-0.3, -0.25) is 0 Å². The molecule has 12 heteroatoms. The molecule has 0 aliphatic heterocycles. The van der Waals surface area contributed by atoms with Crippen LogP contribution >= 0.6 is 39.7 Å². The molecule has 0 rings (SSSR count). The van der Waals surface area contributed by atoms with Crippen LogP contribution in [0.2, 0.25) is 0 Å². The van der Waals surface area contributed by atoms with Gasteiger partial charge in [0.25, 0.3) is 0 Å². The molecule has 0 saturated heterocycles. The van der Waals surface area contributed by atoms with Crippen LogP contribution < -0.4 is 68.9 Å². The molecule has 0 saturated carbocycles. The molecule has 13 heavy (non-hydrogen) atoms. The van der Waals surface area contributed by atoms with Crippen molar-refractivity contribution in [2.24, 2.45) is 0 Å². The molecule has 0 aromatic carbocycles. The van der Waals surface area contributed by atoms with E-state index in [1.165, 1.54) is 0 Å². The Bertz CT molecular complexity index is 169. The number of halogens is 2. The van der Waals surface area contributed by atoms with E-state index >= 15 is 0 Å². The van der Waals surface area contributed by atoms with Crippen molar-refractivity contribution in [2.45, 2.75) is 4.71 Å². The quantitative estimate of drug-likeness (QED) is 0.221. The first-order chi connectivity index (χ1) is 4.83. The summed E-state index contributed by atoms with van der Waals surface area (Å²) in [7, 11) is -6.75. The second-order valence-corrected chi connectivity index (χ2v) is 3.54. The van der Waals surface area contributed by atoms with Crippen LogP contribution in [0, 0.1) is 0 Å². The predicted octanol–water partition coefficient (Wildman–Crippen LogP) is -5.85. The van der Waals surface area contributed by atoms with Gasteiger partial charge in [0.05, 0.1) is 0 Å². The van der Waals surface area contributed by atoms with E-state index in [1.54, 1.807) is 0 Å². The zero-order valence-corrected chi connectivity index (χ0v) is 13.9. The van der Waals surface area contributed by atoms with Crippen LogP contribution in [0.3, 0.4) is 0 Å². The Morgan fingerprint density at radius 1 is 1.00 bits per heavy atom.